The Kier molecular flexibility index (Phi) is 5.04. The number of aromatic nitrogens is 1. The number of hydrogen-bond acceptors (Lipinski definition) is 3. The summed E-state index contributed by atoms with van der Waals surface area (Å²) in [7, 11) is 0. The summed E-state index contributed by atoms with van der Waals surface area (Å²) >= 11 is 0. The van der Waals surface area contributed by atoms with E-state index in [0.29, 0.717) is 23.6 Å². The summed E-state index contributed by atoms with van der Waals surface area (Å²) < 4.78 is 13.6. The molecular weight excluding hydrogens is 317 g/mol. The van der Waals surface area contributed by atoms with E-state index in [1.807, 2.05) is 31.2 Å². The molecule has 0 fully saturated rings. The lowest BCUT2D eigenvalue weighted by Crippen LogP contribution is -2.24. The number of nitrogens with zero attached hydrogens (tertiary/aromatic N) is 1. The number of benzene rings is 2. The Balaban J connectivity index is 1.63. The SMILES string of the molecule is Cc1ccccc1CNC(=O)c1ccc(Nc2ccccc2F)cn1. The molecule has 3 rings (SSSR count). The van der Waals surface area contributed by atoms with Crippen molar-refractivity contribution in [1.29, 1.82) is 0 Å². The Labute approximate surface area is 145 Å². The summed E-state index contributed by atoms with van der Waals surface area (Å²) in [6.07, 6.45) is 1.51. The molecule has 0 unspecified atom stereocenters. The lowest BCUT2D eigenvalue weighted by molar-refractivity contribution is 0.0946. The van der Waals surface area contributed by atoms with E-state index in [1.165, 1.54) is 12.3 Å². The lowest BCUT2D eigenvalue weighted by atomic mass is 10.1. The maximum Gasteiger partial charge on any atom is 0.270 e. The van der Waals surface area contributed by atoms with Crippen molar-refractivity contribution in [3.8, 4) is 0 Å². The first-order valence-electron chi connectivity index (χ1n) is 7.94. The zero-order valence-electron chi connectivity index (χ0n) is 13.8. The van der Waals surface area contributed by atoms with Crippen molar-refractivity contribution in [1.82, 2.24) is 10.3 Å². The van der Waals surface area contributed by atoms with Crippen LogP contribution in [0.4, 0.5) is 15.8 Å². The standard InChI is InChI=1S/C20H18FN3O/c1-14-6-2-3-7-15(14)12-23-20(25)19-11-10-16(13-22-19)24-18-9-5-4-8-17(18)21/h2-11,13,24H,12H2,1H3,(H,23,25). The molecule has 4 nitrogen and oxygen atoms in total. The van der Waals surface area contributed by atoms with Crippen LogP contribution in [0.25, 0.3) is 0 Å². The topological polar surface area (TPSA) is 54.0 Å². The number of carbonyl (C=O) groups excluding carboxylic acids is 1. The average Bonchev–Trinajstić information content (AvgIpc) is 2.63. The van der Waals surface area contributed by atoms with Crippen molar-refractivity contribution in [2.75, 3.05) is 5.32 Å². The highest BCUT2D eigenvalue weighted by molar-refractivity contribution is 5.92. The van der Waals surface area contributed by atoms with E-state index >= 15 is 0 Å². The van der Waals surface area contributed by atoms with E-state index in [4.69, 9.17) is 0 Å². The first-order valence-corrected chi connectivity index (χ1v) is 7.94. The summed E-state index contributed by atoms with van der Waals surface area (Å²) in [6.45, 7) is 2.45. The molecule has 0 bridgehead atoms. The molecule has 0 aliphatic rings. The minimum atomic E-state index is -0.345. The van der Waals surface area contributed by atoms with Crippen LogP contribution in [0.3, 0.4) is 0 Å². The normalized spacial score (nSPS) is 10.3. The predicted molar refractivity (Wildman–Crippen MR) is 96.3 cm³/mol. The lowest BCUT2D eigenvalue weighted by Gasteiger charge is -2.09. The second-order valence-electron chi connectivity index (χ2n) is 5.65. The van der Waals surface area contributed by atoms with Crippen molar-refractivity contribution in [3.05, 3.63) is 89.5 Å². The number of pyridine rings is 1. The fourth-order valence-corrected chi connectivity index (χ4v) is 2.39. The van der Waals surface area contributed by atoms with Crippen molar-refractivity contribution in [2.45, 2.75) is 13.5 Å². The van der Waals surface area contributed by atoms with E-state index < -0.39 is 0 Å². The maximum atomic E-state index is 13.6. The number of hydrogen-bond donors (Lipinski definition) is 2. The minimum Gasteiger partial charge on any atom is -0.352 e. The molecule has 126 valence electrons. The van der Waals surface area contributed by atoms with Gasteiger partial charge >= 0.3 is 0 Å². The Hall–Kier alpha value is -3.21. The van der Waals surface area contributed by atoms with Crippen LogP contribution in [-0.2, 0) is 6.54 Å². The Morgan fingerprint density at radius 2 is 1.80 bits per heavy atom. The third-order valence-corrected chi connectivity index (χ3v) is 3.85. The quantitative estimate of drug-likeness (QED) is 0.735. The molecule has 5 heteroatoms. The Morgan fingerprint density at radius 1 is 1.04 bits per heavy atom. The van der Waals surface area contributed by atoms with Crippen LogP contribution in [0.15, 0.2) is 66.9 Å². The molecule has 1 heterocycles. The molecule has 1 aromatic heterocycles. The monoisotopic (exact) mass is 335 g/mol. The van der Waals surface area contributed by atoms with E-state index in [0.717, 1.165) is 11.1 Å². The number of anilines is 2. The molecule has 0 aliphatic carbocycles. The van der Waals surface area contributed by atoms with Gasteiger partial charge in [-0.2, -0.15) is 0 Å². The highest BCUT2D eigenvalue weighted by atomic mass is 19.1. The number of rotatable bonds is 5. The number of aryl methyl sites for hydroxylation is 1. The van der Waals surface area contributed by atoms with Gasteiger partial charge in [0.05, 0.1) is 17.6 Å². The van der Waals surface area contributed by atoms with Crippen molar-refractivity contribution in [2.24, 2.45) is 0 Å². The number of halogens is 1. The van der Waals surface area contributed by atoms with E-state index in [2.05, 4.69) is 15.6 Å². The van der Waals surface area contributed by atoms with Gasteiger partial charge in [0, 0.05) is 6.54 Å². The van der Waals surface area contributed by atoms with Gasteiger partial charge in [0.1, 0.15) is 11.5 Å². The highest BCUT2D eigenvalue weighted by Crippen LogP contribution is 2.18. The smallest absolute Gasteiger partial charge is 0.270 e. The van der Waals surface area contributed by atoms with Gasteiger partial charge in [-0.3, -0.25) is 4.79 Å². The van der Waals surface area contributed by atoms with Crippen LogP contribution in [0.1, 0.15) is 21.6 Å². The third kappa shape index (κ3) is 4.20. The summed E-state index contributed by atoms with van der Waals surface area (Å²) in [6, 6.07) is 17.6. The minimum absolute atomic E-state index is 0.249. The van der Waals surface area contributed by atoms with Crippen LogP contribution in [0.2, 0.25) is 0 Å². The molecule has 2 aromatic carbocycles. The summed E-state index contributed by atoms with van der Waals surface area (Å²) in [5.41, 5.74) is 3.48. The number of carbonyl (C=O) groups is 1. The summed E-state index contributed by atoms with van der Waals surface area (Å²) in [4.78, 5) is 16.3. The maximum absolute atomic E-state index is 13.6. The number of nitrogens with one attached hydrogen (secondary N) is 2. The van der Waals surface area contributed by atoms with Gasteiger partial charge < -0.3 is 10.6 Å². The Morgan fingerprint density at radius 3 is 2.52 bits per heavy atom. The molecule has 0 atom stereocenters. The van der Waals surface area contributed by atoms with E-state index in [-0.39, 0.29) is 11.7 Å². The number of amides is 1. The molecular formula is C20H18FN3O. The summed E-state index contributed by atoms with van der Waals surface area (Å²) in [5.74, 6) is -0.594. The zero-order chi connectivity index (χ0) is 17.6. The van der Waals surface area contributed by atoms with Gasteiger partial charge in [0.2, 0.25) is 0 Å². The summed E-state index contributed by atoms with van der Waals surface area (Å²) in [5, 5.41) is 5.79. The second-order valence-corrected chi connectivity index (χ2v) is 5.65. The van der Waals surface area contributed by atoms with Gasteiger partial charge in [0.15, 0.2) is 0 Å². The van der Waals surface area contributed by atoms with E-state index in [1.54, 1.807) is 30.3 Å². The molecule has 3 aromatic rings. The van der Waals surface area contributed by atoms with Crippen molar-refractivity contribution in [3.63, 3.8) is 0 Å². The predicted octanol–water partition coefficient (Wildman–Crippen LogP) is 4.20. The second kappa shape index (κ2) is 7.57. The molecule has 0 radical (unpaired) electrons. The Bertz CT molecular complexity index is 878. The zero-order valence-corrected chi connectivity index (χ0v) is 13.8. The van der Waals surface area contributed by atoms with Crippen LogP contribution < -0.4 is 10.6 Å². The first kappa shape index (κ1) is 16.6. The van der Waals surface area contributed by atoms with Crippen molar-refractivity contribution >= 4 is 17.3 Å². The van der Waals surface area contributed by atoms with Gasteiger partial charge in [-0.1, -0.05) is 36.4 Å². The fourth-order valence-electron chi connectivity index (χ4n) is 2.39. The average molecular weight is 335 g/mol. The van der Waals surface area contributed by atoms with E-state index in [9.17, 15) is 9.18 Å². The molecule has 0 saturated carbocycles. The molecule has 2 N–H and O–H groups in total. The van der Waals surface area contributed by atoms with Gasteiger partial charge in [-0.15, -0.1) is 0 Å². The number of para-hydroxylation sites is 1. The fraction of sp³-hybridized carbons (Fsp3) is 0.100. The van der Waals surface area contributed by atoms with Crippen LogP contribution in [-0.4, -0.2) is 10.9 Å². The van der Waals surface area contributed by atoms with Gasteiger partial charge in [0.25, 0.3) is 5.91 Å². The van der Waals surface area contributed by atoms with Crippen LogP contribution in [0.5, 0.6) is 0 Å². The third-order valence-electron chi connectivity index (χ3n) is 3.85. The van der Waals surface area contributed by atoms with Gasteiger partial charge in [-0.25, -0.2) is 9.37 Å². The largest absolute Gasteiger partial charge is 0.352 e. The highest BCUT2D eigenvalue weighted by Gasteiger charge is 2.08. The molecule has 25 heavy (non-hydrogen) atoms. The molecule has 0 saturated heterocycles. The molecule has 0 spiro atoms. The van der Waals surface area contributed by atoms with Crippen LogP contribution >= 0.6 is 0 Å². The van der Waals surface area contributed by atoms with Crippen molar-refractivity contribution < 1.29 is 9.18 Å². The van der Waals surface area contributed by atoms with Gasteiger partial charge in [-0.05, 0) is 42.3 Å². The molecule has 0 aliphatic heterocycles. The first-order chi connectivity index (χ1) is 12.1. The van der Waals surface area contributed by atoms with Crippen LogP contribution in [0, 0.1) is 12.7 Å². The molecule has 1 amide bonds.